The van der Waals surface area contributed by atoms with Gasteiger partial charge in [0.1, 0.15) is 0 Å². The number of nitrogens with two attached hydrogens (primary N) is 1. The van der Waals surface area contributed by atoms with E-state index in [1.807, 2.05) is 6.92 Å². The fourth-order valence-electron chi connectivity index (χ4n) is 1.38. The summed E-state index contributed by atoms with van der Waals surface area (Å²) >= 11 is 0. The smallest absolute Gasteiger partial charge is 0.0817 e. The van der Waals surface area contributed by atoms with E-state index in [0.29, 0.717) is 0 Å². The summed E-state index contributed by atoms with van der Waals surface area (Å²) < 4.78 is 0. The van der Waals surface area contributed by atoms with Gasteiger partial charge < -0.3 is 5.73 Å². The zero-order chi connectivity index (χ0) is 8.70. The predicted octanol–water partition coefficient (Wildman–Crippen LogP) is -0.0251. The molecule has 1 rings (SSSR count). The third-order valence-corrected chi connectivity index (χ3v) is 3.16. The molecule has 1 fully saturated rings. The van der Waals surface area contributed by atoms with Crippen LogP contribution >= 0.6 is 0 Å². The Hall–Kier alpha value is -0.120. The van der Waals surface area contributed by atoms with E-state index in [1.165, 1.54) is 0 Å². The summed E-state index contributed by atoms with van der Waals surface area (Å²) in [6.07, 6.45) is 0. The van der Waals surface area contributed by atoms with Crippen LogP contribution in [0.25, 0.3) is 0 Å². The SMILES string of the molecule is CN1CCNC(C)(N)C1(C)C. The zero-order valence-electron chi connectivity index (χ0n) is 7.94. The van der Waals surface area contributed by atoms with Crippen LogP contribution in [-0.2, 0) is 0 Å². The largest absolute Gasteiger partial charge is 0.312 e. The Morgan fingerprint density at radius 3 is 2.27 bits per heavy atom. The molecule has 1 saturated heterocycles. The van der Waals surface area contributed by atoms with Gasteiger partial charge >= 0.3 is 0 Å². The van der Waals surface area contributed by atoms with Crippen molar-refractivity contribution in [1.82, 2.24) is 10.2 Å². The normalized spacial score (nSPS) is 39.0. The fourth-order valence-corrected chi connectivity index (χ4v) is 1.38. The first-order valence-electron chi connectivity index (χ1n) is 4.13. The van der Waals surface area contributed by atoms with E-state index >= 15 is 0 Å². The van der Waals surface area contributed by atoms with E-state index in [-0.39, 0.29) is 11.2 Å². The molecule has 11 heavy (non-hydrogen) atoms. The second-order valence-corrected chi connectivity index (χ2v) is 4.11. The van der Waals surface area contributed by atoms with Crippen LogP contribution in [0.15, 0.2) is 0 Å². The topological polar surface area (TPSA) is 41.3 Å². The standard InChI is InChI=1S/C8H19N3/c1-7(2)8(3,9)10-5-6-11(7)4/h10H,5-6,9H2,1-4H3. The van der Waals surface area contributed by atoms with Gasteiger partial charge in [0.15, 0.2) is 0 Å². The molecule has 1 aliphatic rings. The summed E-state index contributed by atoms with van der Waals surface area (Å²) in [6, 6.07) is 0. The van der Waals surface area contributed by atoms with Gasteiger partial charge in [-0.2, -0.15) is 0 Å². The van der Waals surface area contributed by atoms with Crippen LogP contribution in [-0.4, -0.2) is 36.2 Å². The number of nitrogens with zero attached hydrogens (tertiary/aromatic N) is 1. The Balaban J connectivity index is 2.82. The Morgan fingerprint density at radius 1 is 1.36 bits per heavy atom. The molecular weight excluding hydrogens is 138 g/mol. The van der Waals surface area contributed by atoms with Crippen LogP contribution in [0.3, 0.4) is 0 Å². The number of likely N-dealkylation sites (N-methyl/N-ethyl adjacent to an activating group) is 1. The van der Waals surface area contributed by atoms with Gasteiger partial charge in [0.2, 0.25) is 0 Å². The highest BCUT2D eigenvalue weighted by molar-refractivity contribution is 5.02. The average molecular weight is 157 g/mol. The second kappa shape index (κ2) is 2.44. The van der Waals surface area contributed by atoms with E-state index in [1.54, 1.807) is 0 Å². The van der Waals surface area contributed by atoms with Gasteiger partial charge in [-0.1, -0.05) is 0 Å². The van der Waals surface area contributed by atoms with Crippen molar-refractivity contribution in [2.45, 2.75) is 32.0 Å². The monoisotopic (exact) mass is 157 g/mol. The Bertz CT molecular complexity index is 151. The maximum atomic E-state index is 6.09. The number of piperazine rings is 1. The van der Waals surface area contributed by atoms with Crippen molar-refractivity contribution in [3.8, 4) is 0 Å². The molecule has 0 aliphatic carbocycles. The minimum atomic E-state index is -0.278. The van der Waals surface area contributed by atoms with Gasteiger partial charge in [0, 0.05) is 18.6 Å². The fraction of sp³-hybridized carbons (Fsp3) is 1.00. The molecule has 66 valence electrons. The summed E-state index contributed by atoms with van der Waals surface area (Å²) in [7, 11) is 2.12. The van der Waals surface area contributed by atoms with Crippen LogP contribution in [0, 0.1) is 0 Å². The summed E-state index contributed by atoms with van der Waals surface area (Å²) in [4.78, 5) is 2.30. The van der Waals surface area contributed by atoms with Crippen molar-refractivity contribution < 1.29 is 0 Å². The summed E-state index contributed by atoms with van der Waals surface area (Å²) in [5.41, 5.74) is 5.85. The number of rotatable bonds is 0. The van der Waals surface area contributed by atoms with E-state index in [2.05, 4.69) is 31.1 Å². The third kappa shape index (κ3) is 1.28. The van der Waals surface area contributed by atoms with Gasteiger partial charge in [-0.25, -0.2) is 0 Å². The minimum absolute atomic E-state index is 0.0330. The van der Waals surface area contributed by atoms with Gasteiger partial charge in [-0.05, 0) is 27.8 Å². The highest BCUT2D eigenvalue weighted by atomic mass is 15.3. The zero-order valence-corrected chi connectivity index (χ0v) is 7.94. The number of nitrogens with one attached hydrogen (secondary N) is 1. The highest BCUT2D eigenvalue weighted by Gasteiger charge is 2.43. The molecular formula is C8H19N3. The van der Waals surface area contributed by atoms with Gasteiger partial charge in [0.05, 0.1) is 5.66 Å². The number of hydrogen-bond acceptors (Lipinski definition) is 3. The van der Waals surface area contributed by atoms with Crippen molar-refractivity contribution in [3.05, 3.63) is 0 Å². The summed E-state index contributed by atoms with van der Waals surface area (Å²) in [6.45, 7) is 8.42. The van der Waals surface area contributed by atoms with E-state index in [0.717, 1.165) is 13.1 Å². The van der Waals surface area contributed by atoms with Crippen LogP contribution in [0.2, 0.25) is 0 Å². The van der Waals surface area contributed by atoms with E-state index in [9.17, 15) is 0 Å². The first-order valence-corrected chi connectivity index (χ1v) is 4.13. The first kappa shape index (κ1) is 8.97. The lowest BCUT2D eigenvalue weighted by atomic mass is 9.86. The summed E-state index contributed by atoms with van der Waals surface area (Å²) in [5, 5.41) is 3.32. The first-order chi connectivity index (χ1) is 4.88. The van der Waals surface area contributed by atoms with Crippen LogP contribution in [0.5, 0.6) is 0 Å². The maximum Gasteiger partial charge on any atom is 0.0817 e. The molecule has 0 aromatic heterocycles. The molecule has 1 unspecified atom stereocenters. The summed E-state index contributed by atoms with van der Waals surface area (Å²) in [5.74, 6) is 0. The molecule has 0 radical (unpaired) electrons. The lowest BCUT2D eigenvalue weighted by Crippen LogP contribution is -2.74. The molecule has 3 N–H and O–H groups in total. The van der Waals surface area contributed by atoms with Crippen LogP contribution in [0.1, 0.15) is 20.8 Å². The minimum Gasteiger partial charge on any atom is -0.312 e. The van der Waals surface area contributed by atoms with Gasteiger partial charge in [-0.3, -0.25) is 10.2 Å². The Labute approximate surface area is 68.9 Å². The van der Waals surface area contributed by atoms with Crippen LogP contribution < -0.4 is 11.1 Å². The van der Waals surface area contributed by atoms with E-state index in [4.69, 9.17) is 5.73 Å². The Kier molecular flexibility index (Phi) is 1.99. The van der Waals surface area contributed by atoms with Crippen molar-refractivity contribution in [2.24, 2.45) is 5.73 Å². The average Bonchev–Trinajstić information content (AvgIpc) is 1.84. The van der Waals surface area contributed by atoms with Gasteiger partial charge in [0.25, 0.3) is 0 Å². The van der Waals surface area contributed by atoms with Crippen molar-refractivity contribution in [2.75, 3.05) is 20.1 Å². The molecule has 1 atom stereocenters. The second-order valence-electron chi connectivity index (χ2n) is 4.11. The molecule has 0 saturated carbocycles. The Morgan fingerprint density at radius 2 is 1.91 bits per heavy atom. The molecule has 0 bridgehead atoms. The molecule has 0 amide bonds. The lowest BCUT2D eigenvalue weighted by molar-refractivity contribution is 0.0203. The van der Waals surface area contributed by atoms with E-state index < -0.39 is 0 Å². The molecule has 3 nitrogen and oxygen atoms in total. The highest BCUT2D eigenvalue weighted by Crippen LogP contribution is 2.25. The quantitative estimate of drug-likeness (QED) is 0.519. The van der Waals surface area contributed by atoms with Gasteiger partial charge in [-0.15, -0.1) is 0 Å². The molecule has 1 heterocycles. The molecule has 3 heteroatoms. The molecule has 1 aliphatic heterocycles. The van der Waals surface area contributed by atoms with Crippen LogP contribution in [0.4, 0.5) is 0 Å². The van der Waals surface area contributed by atoms with Crippen molar-refractivity contribution >= 4 is 0 Å². The maximum absolute atomic E-state index is 6.09. The lowest BCUT2D eigenvalue weighted by Gasteiger charge is -2.52. The molecule has 0 aromatic rings. The predicted molar refractivity (Wildman–Crippen MR) is 47.3 cm³/mol. The number of hydrogen-bond donors (Lipinski definition) is 2. The van der Waals surface area contributed by atoms with Crippen molar-refractivity contribution in [1.29, 1.82) is 0 Å². The third-order valence-electron chi connectivity index (χ3n) is 3.16. The van der Waals surface area contributed by atoms with Crippen molar-refractivity contribution in [3.63, 3.8) is 0 Å². The molecule has 0 aromatic carbocycles. The molecule has 0 spiro atoms.